The first kappa shape index (κ1) is 19.4. The molecule has 3 aromatic rings. The predicted molar refractivity (Wildman–Crippen MR) is 104 cm³/mol. The zero-order valence-electron chi connectivity index (χ0n) is 15.2. The lowest BCUT2D eigenvalue weighted by molar-refractivity contribution is -0.384. The summed E-state index contributed by atoms with van der Waals surface area (Å²) in [5.74, 6) is -0.967. The van der Waals surface area contributed by atoms with E-state index in [-0.39, 0.29) is 11.3 Å². The van der Waals surface area contributed by atoms with Gasteiger partial charge in [0.15, 0.2) is 4.80 Å². The zero-order chi connectivity index (χ0) is 20.3. The molecule has 0 fully saturated rings. The number of nitro benzene ring substituents is 1. The van der Waals surface area contributed by atoms with E-state index in [1.165, 1.54) is 42.7 Å². The molecule has 0 N–H and O–H groups in total. The number of carbonyl (C=O) groups is 2. The SMILES string of the molecule is CCC(C(=O)OC)n1/c(=N/C(=O)c2ccc([N+](=O)[O-])cc2)sc2ccccc21. The highest BCUT2D eigenvalue weighted by Gasteiger charge is 2.23. The molecule has 144 valence electrons. The number of nitro groups is 1. The predicted octanol–water partition coefficient (Wildman–Crippen LogP) is 3.48. The Hall–Kier alpha value is -3.33. The van der Waals surface area contributed by atoms with Crippen LogP contribution in [0.15, 0.2) is 53.5 Å². The van der Waals surface area contributed by atoms with E-state index < -0.39 is 22.8 Å². The topological polar surface area (TPSA) is 104 Å². The van der Waals surface area contributed by atoms with E-state index >= 15 is 0 Å². The van der Waals surface area contributed by atoms with Crippen molar-refractivity contribution in [2.24, 2.45) is 4.99 Å². The number of nitrogens with zero attached hydrogens (tertiary/aromatic N) is 3. The van der Waals surface area contributed by atoms with Crippen LogP contribution in [-0.2, 0) is 9.53 Å². The molecule has 0 bridgehead atoms. The summed E-state index contributed by atoms with van der Waals surface area (Å²) in [6.45, 7) is 1.85. The minimum atomic E-state index is -0.621. The largest absolute Gasteiger partial charge is 0.467 e. The molecule has 1 unspecified atom stereocenters. The summed E-state index contributed by atoms with van der Waals surface area (Å²) in [6.07, 6.45) is 0.465. The van der Waals surface area contributed by atoms with Gasteiger partial charge in [-0.15, -0.1) is 0 Å². The molecule has 1 heterocycles. The number of para-hydroxylation sites is 1. The molecular formula is C19H17N3O5S. The Balaban J connectivity index is 2.13. The Morgan fingerprint density at radius 1 is 1.21 bits per heavy atom. The highest BCUT2D eigenvalue weighted by Crippen LogP contribution is 2.23. The number of non-ortho nitro benzene ring substituents is 1. The van der Waals surface area contributed by atoms with E-state index in [4.69, 9.17) is 4.74 Å². The van der Waals surface area contributed by atoms with Gasteiger partial charge in [-0.25, -0.2) is 4.79 Å². The van der Waals surface area contributed by atoms with E-state index in [9.17, 15) is 19.7 Å². The summed E-state index contributed by atoms with van der Waals surface area (Å²) in [7, 11) is 1.32. The molecule has 0 spiro atoms. The van der Waals surface area contributed by atoms with Crippen molar-refractivity contribution in [3.63, 3.8) is 0 Å². The van der Waals surface area contributed by atoms with Gasteiger partial charge in [0.1, 0.15) is 6.04 Å². The van der Waals surface area contributed by atoms with Crippen molar-refractivity contribution in [1.82, 2.24) is 4.57 Å². The van der Waals surface area contributed by atoms with Gasteiger partial charge in [0.05, 0.1) is 22.2 Å². The number of hydrogen-bond donors (Lipinski definition) is 0. The standard InChI is InChI=1S/C19H17N3O5S/c1-3-14(18(24)27-2)21-15-6-4-5-7-16(15)28-19(21)20-17(23)12-8-10-13(11-9-12)22(25)26/h4-11,14H,3H2,1-2H3/b20-19-. The smallest absolute Gasteiger partial charge is 0.328 e. The second-order valence-corrected chi connectivity index (χ2v) is 6.90. The molecule has 2 aromatic carbocycles. The molecule has 1 atom stereocenters. The number of carbonyl (C=O) groups excluding carboxylic acids is 2. The molecule has 0 radical (unpaired) electrons. The minimum absolute atomic E-state index is 0.106. The lowest BCUT2D eigenvalue weighted by atomic mass is 10.2. The van der Waals surface area contributed by atoms with Crippen LogP contribution in [0, 0.1) is 10.1 Å². The monoisotopic (exact) mass is 399 g/mol. The summed E-state index contributed by atoms with van der Waals surface area (Å²) in [4.78, 5) is 39.7. The van der Waals surface area contributed by atoms with Crippen molar-refractivity contribution in [3.05, 3.63) is 69.0 Å². The summed E-state index contributed by atoms with van der Waals surface area (Å²) in [6, 6.07) is 12.1. The van der Waals surface area contributed by atoms with Crippen LogP contribution in [0.4, 0.5) is 5.69 Å². The third-order valence-corrected chi connectivity index (χ3v) is 5.26. The molecule has 1 aromatic heterocycles. The van der Waals surface area contributed by atoms with Crippen molar-refractivity contribution in [1.29, 1.82) is 0 Å². The Morgan fingerprint density at radius 3 is 2.50 bits per heavy atom. The number of hydrogen-bond acceptors (Lipinski definition) is 6. The molecule has 8 nitrogen and oxygen atoms in total. The van der Waals surface area contributed by atoms with Crippen LogP contribution < -0.4 is 4.80 Å². The van der Waals surface area contributed by atoms with Crippen molar-refractivity contribution in [3.8, 4) is 0 Å². The molecule has 1 amide bonds. The van der Waals surface area contributed by atoms with Crippen molar-refractivity contribution >= 4 is 39.1 Å². The number of ether oxygens (including phenoxy) is 1. The number of methoxy groups -OCH3 is 1. The number of thiazole rings is 1. The quantitative estimate of drug-likeness (QED) is 0.371. The second-order valence-electron chi connectivity index (χ2n) is 5.89. The maximum atomic E-state index is 12.6. The van der Waals surface area contributed by atoms with Crippen molar-refractivity contribution < 1.29 is 19.2 Å². The van der Waals surface area contributed by atoms with Gasteiger partial charge in [0.25, 0.3) is 11.6 Å². The van der Waals surface area contributed by atoms with Crippen molar-refractivity contribution in [2.45, 2.75) is 19.4 Å². The normalized spacial score (nSPS) is 12.7. The summed E-state index contributed by atoms with van der Waals surface area (Å²) in [5.41, 5.74) is 0.894. The molecular weight excluding hydrogens is 382 g/mol. The number of benzene rings is 2. The van der Waals surface area contributed by atoms with E-state index in [1.54, 1.807) is 4.57 Å². The Labute approximate surface area is 163 Å². The number of aromatic nitrogens is 1. The van der Waals surface area contributed by atoms with Crippen LogP contribution in [0.25, 0.3) is 10.2 Å². The average molecular weight is 399 g/mol. The van der Waals surface area contributed by atoms with Gasteiger partial charge in [-0.2, -0.15) is 4.99 Å². The van der Waals surface area contributed by atoms with Gasteiger partial charge in [-0.1, -0.05) is 30.4 Å². The molecule has 28 heavy (non-hydrogen) atoms. The fraction of sp³-hybridized carbons (Fsp3) is 0.211. The molecule has 3 rings (SSSR count). The van der Waals surface area contributed by atoms with Gasteiger partial charge in [-0.3, -0.25) is 14.9 Å². The van der Waals surface area contributed by atoms with Crippen LogP contribution in [0.1, 0.15) is 29.7 Å². The van der Waals surface area contributed by atoms with Gasteiger partial charge >= 0.3 is 5.97 Å². The third-order valence-electron chi connectivity index (χ3n) is 4.23. The van der Waals surface area contributed by atoms with E-state index in [0.717, 1.165) is 10.2 Å². The Morgan fingerprint density at radius 2 is 1.89 bits per heavy atom. The lowest BCUT2D eigenvalue weighted by Crippen LogP contribution is -2.28. The minimum Gasteiger partial charge on any atom is -0.467 e. The number of fused-ring (bicyclic) bond motifs is 1. The first-order valence-electron chi connectivity index (χ1n) is 8.47. The first-order valence-corrected chi connectivity index (χ1v) is 9.29. The van der Waals surface area contributed by atoms with Crippen LogP contribution in [0.5, 0.6) is 0 Å². The molecule has 9 heteroatoms. The summed E-state index contributed by atoms with van der Waals surface area (Å²) in [5, 5.41) is 10.8. The van der Waals surface area contributed by atoms with Gasteiger partial charge in [-0.05, 0) is 30.7 Å². The van der Waals surface area contributed by atoms with E-state index in [2.05, 4.69) is 4.99 Å². The van der Waals surface area contributed by atoms with E-state index in [0.29, 0.717) is 11.2 Å². The number of rotatable bonds is 5. The maximum Gasteiger partial charge on any atom is 0.328 e. The maximum absolute atomic E-state index is 12.6. The van der Waals surface area contributed by atoms with Crippen LogP contribution in [0.2, 0.25) is 0 Å². The fourth-order valence-corrected chi connectivity index (χ4v) is 3.91. The van der Waals surface area contributed by atoms with Crippen LogP contribution >= 0.6 is 11.3 Å². The first-order chi connectivity index (χ1) is 13.5. The van der Waals surface area contributed by atoms with Gasteiger partial charge in [0.2, 0.25) is 0 Å². The third kappa shape index (κ3) is 3.70. The Bertz CT molecular complexity index is 1110. The number of amides is 1. The van der Waals surface area contributed by atoms with Gasteiger partial charge < -0.3 is 9.30 Å². The highest BCUT2D eigenvalue weighted by atomic mass is 32.1. The molecule has 0 aliphatic carbocycles. The summed E-state index contributed by atoms with van der Waals surface area (Å²) >= 11 is 1.29. The van der Waals surface area contributed by atoms with Crippen LogP contribution in [-0.4, -0.2) is 28.5 Å². The Kier molecular flexibility index (Phi) is 5.65. The summed E-state index contributed by atoms with van der Waals surface area (Å²) < 4.78 is 7.49. The fourth-order valence-electron chi connectivity index (χ4n) is 2.84. The zero-order valence-corrected chi connectivity index (χ0v) is 16.0. The molecule has 0 saturated heterocycles. The average Bonchev–Trinajstić information content (AvgIpc) is 3.06. The highest BCUT2D eigenvalue weighted by molar-refractivity contribution is 7.16. The number of esters is 1. The van der Waals surface area contributed by atoms with E-state index in [1.807, 2.05) is 31.2 Å². The molecule has 0 aliphatic rings. The van der Waals surface area contributed by atoms with Gasteiger partial charge in [0, 0.05) is 17.7 Å². The lowest BCUT2D eigenvalue weighted by Gasteiger charge is -2.15. The molecule has 0 aliphatic heterocycles. The van der Waals surface area contributed by atoms with Crippen LogP contribution in [0.3, 0.4) is 0 Å². The van der Waals surface area contributed by atoms with Crippen molar-refractivity contribution in [2.75, 3.05) is 7.11 Å². The molecule has 0 saturated carbocycles. The second kappa shape index (κ2) is 8.13.